The Morgan fingerprint density at radius 2 is 2.28 bits per heavy atom. The summed E-state index contributed by atoms with van der Waals surface area (Å²) in [7, 11) is 0. The molecule has 0 bridgehead atoms. The summed E-state index contributed by atoms with van der Waals surface area (Å²) in [6.45, 7) is 2.87. The van der Waals surface area contributed by atoms with Crippen LogP contribution < -0.4 is 10.1 Å². The molecule has 130 valence electrons. The standard InChI is InChI=1S/C17H18N4O3S/c1-12-4-2-5-13(10-12)23-9-7-18-15(22)11-25-17-19-16(20-21-17)14-6-3-8-24-14/h2-6,8,10H,7,9,11H2,1H3,(H,18,22)(H,19,20,21). The number of aryl methyl sites for hydroxylation is 1. The van der Waals surface area contributed by atoms with E-state index in [1.54, 1.807) is 18.4 Å². The van der Waals surface area contributed by atoms with Gasteiger partial charge in [0.05, 0.1) is 18.6 Å². The molecule has 0 aliphatic rings. The minimum atomic E-state index is -0.0952. The topological polar surface area (TPSA) is 93.0 Å². The van der Waals surface area contributed by atoms with Gasteiger partial charge in [-0.25, -0.2) is 0 Å². The maximum absolute atomic E-state index is 11.8. The molecule has 0 spiro atoms. The molecule has 25 heavy (non-hydrogen) atoms. The number of aromatic amines is 1. The van der Waals surface area contributed by atoms with E-state index in [-0.39, 0.29) is 11.7 Å². The first-order chi connectivity index (χ1) is 12.2. The second kappa shape index (κ2) is 8.39. The zero-order chi connectivity index (χ0) is 17.5. The van der Waals surface area contributed by atoms with E-state index < -0.39 is 0 Å². The van der Waals surface area contributed by atoms with Crippen molar-refractivity contribution in [1.82, 2.24) is 20.5 Å². The normalized spacial score (nSPS) is 10.6. The number of aromatic nitrogens is 3. The zero-order valence-electron chi connectivity index (χ0n) is 13.7. The molecule has 2 N–H and O–H groups in total. The van der Waals surface area contributed by atoms with Crippen LogP contribution in [0.3, 0.4) is 0 Å². The van der Waals surface area contributed by atoms with Gasteiger partial charge in [0.15, 0.2) is 11.6 Å². The third kappa shape index (κ3) is 5.12. The highest BCUT2D eigenvalue weighted by Crippen LogP contribution is 2.19. The maximum Gasteiger partial charge on any atom is 0.230 e. The summed E-state index contributed by atoms with van der Waals surface area (Å²) < 4.78 is 10.8. The van der Waals surface area contributed by atoms with Crippen molar-refractivity contribution in [1.29, 1.82) is 0 Å². The summed E-state index contributed by atoms with van der Waals surface area (Å²) in [6.07, 6.45) is 1.57. The number of nitrogens with zero attached hydrogens (tertiary/aromatic N) is 2. The molecule has 0 saturated carbocycles. The number of nitrogens with one attached hydrogen (secondary N) is 2. The summed E-state index contributed by atoms with van der Waals surface area (Å²) in [6, 6.07) is 11.4. The molecule has 2 aromatic heterocycles. The highest BCUT2D eigenvalue weighted by Gasteiger charge is 2.10. The lowest BCUT2D eigenvalue weighted by molar-refractivity contribution is -0.118. The highest BCUT2D eigenvalue weighted by molar-refractivity contribution is 7.99. The largest absolute Gasteiger partial charge is 0.492 e. The smallest absolute Gasteiger partial charge is 0.230 e. The molecule has 7 nitrogen and oxygen atoms in total. The average molecular weight is 358 g/mol. The van der Waals surface area contributed by atoms with Crippen LogP contribution in [-0.4, -0.2) is 40.0 Å². The van der Waals surface area contributed by atoms with Gasteiger partial charge in [0, 0.05) is 0 Å². The quantitative estimate of drug-likeness (QED) is 0.475. The second-order valence-electron chi connectivity index (χ2n) is 5.25. The monoisotopic (exact) mass is 358 g/mol. The van der Waals surface area contributed by atoms with Gasteiger partial charge >= 0.3 is 0 Å². The molecule has 0 fully saturated rings. The van der Waals surface area contributed by atoms with Gasteiger partial charge in [-0.05, 0) is 36.8 Å². The number of hydrogen-bond donors (Lipinski definition) is 2. The number of H-pyrrole nitrogens is 1. The Hall–Kier alpha value is -2.74. The van der Waals surface area contributed by atoms with Crippen molar-refractivity contribution in [3.8, 4) is 17.3 Å². The lowest BCUT2D eigenvalue weighted by atomic mass is 10.2. The van der Waals surface area contributed by atoms with Gasteiger partial charge in [0.25, 0.3) is 0 Å². The van der Waals surface area contributed by atoms with Crippen molar-refractivity contribution in [2.45, 2.75) is 12.1 Å². The van der Waals surface area contributed by atoms with E-state index in [0.717, 1.165) is 11.3 Å². The van der Waals surface area contributed by atoms with Crippen molar-refractivity contribution in [3.05, 3.63) is 48.2 Å². The minimum absolute atomic E-state index is 0.0952. The molecular formula is C17H18N4O3S. The summed E-state index contributed by atoms with van der Waals surface area (Å²) in [5.41, 5.74) is 1.14. The number of carbonyl (C=O) groups excluding carboxylic acids is 1. The van der Waals surface area contributed by atoms with E-state index in [1.807, 2.05) is 31.2 Å². The third-order valence-electron chi connectivity index (χ3n) is 3.23. The lowest BCUT2D eigenvalue weighted by Gasteiger charge is -2.07. The first kappa shape index (κ1) is 17.1. The second-order valence-corrected chi connectivity index (χ2v) is 6.19. The molecule has 3 aromatic rings. The molecule has 0 radical (unpaired) electrons. The van der Waals surface area contributed by atoms with Crippen LogP contribution in [0.1, 0.15) is 5.56 Å². The molecule has 0 aliphatic carbocycles. The minimum Gasteiger partial charge on any atom is -0.492 e. The Balaban J connectivity index is 1.35. The van der Waals surface area contributed by atoms with Gasteiger partial charge in [-0.15, -0.1) is 5.10 Å². The number of rotatable bonds is 8. The Morgan fingerprint density at radius 3 is 3.08 bits per heavy atom. The van der Waals surface area contributed by atoms with E-state index in [9.17, 15) is 4.79 Å². The highest BCUT2D eigenvalue weighted by atomic mass is 32.2. The summed E-state index contributed by atoms with van der Waals surface area (Å²) in [4.78, 5) is 16.1. The van der Waals surface area contributed by atoms with Crippen molar-refractivity contribution in [2.75, 3.05) is 18.9 Å². The van der Waals surface area contributed by atoms with Crippen molar-refractivity contribution in [3.63, 3.8) is 0 Å². The van der Waals surface area contributed by atoms with E-state index in [1.165, 1.54) is 11.8 Å². The summed E-state index contributed by atoms with van der Waals surface area (Å²) in [5, 5.41) is 10.1. The maximum atomic E-state index is 11.8. The Labute approximate surface area is 149 Å². The van der Waals surface area contributed by atoms with Gasteiger partial charge in [0.1, 0.15) is 12.4 Å². The molecule has 1 amide bonds. The average Bonchev–Trinajstić information content (AvgIpc) is 3.28. The van der Waals surface area contributed by atoms with E-state index in [4.69, 9.17) is 9.15 Å². The number of furan rings is 1. The van der Waals surface area contributed by atoms with Crippen molar-refractivity contribution in [2.24, 2.45) is 0 Å². The molecule has 1 aromatic carbocycles. The molecule has 8 heteroatoms. The number of carbonyl (C=O) groups is 1. The van der Waals surface area contributed by atoms with Crippen LogP contribution in [0.5, 0.6) is 5.75 Å². The van der Waals surface area contributed by atoms with Crippen LogP contribution >= 0.6 is 11.8 Å². The predicted molar refractivity (Wildman–Crippen MR) is 94.5 cm³/mol. The Kier molecular flexibility index (Phi) is 5.73. The van der Waals surface area contributed by atoms with Crippen LogP contribution in [0, 0.1) is 6.92 Å². The number of hydrogen-bond acceptors (Lipinski definition) is 6. The van der Waals surface area contributed by atoms with Crippen LogP contribution in [0.2, 0.25) is 0 Å². The zero-order valence-corrected chi connectivity index (χ0v) is 14.5. The molecule has 0 saturated heterocycles. The van der Waals surface area contributed by atoms with Crippen LogP contribution in [-0.2, 0) is 4.79 Å². The predicted octanol–water partition coefficient (Wildman–Crippen LogP) is 2.66. The molecule has 0 unspecified atom stereocenters. The Bertz CT molecular complexity index is 817. The number of ether oxygens (including phenoxy) is 1. The van der Waals surface area contributed by atoms with E-state index in [2.05, 4.69) is 20.5 Å². The fourth-order valence-corrected chi connectivity index (χ4v) is 2.71. The van der Waals surface area contributed by atoms with Gasteiger partial charge in [-0.2, -0.15) is 4.98 Å². The fraction of sp³-hybridized carbons (Fsp3) is 0.235. The van der Waals surface area contributed by atoms with Crippen LogP contribution in [0.25, 0.3) is 11.6 Å². The van der Waals surface area contributed by atoms with Crippen molar-refractivity contribution < 1.29 is 13.9 Å². The first-order valence-corrected chi connectivity index (χ1v) is 8.74. The molecule has 2 heterocycles. The van der Waals surface area contributed by atoms with Crippen LogP contribution in [0.4, 0.5) is 0 Å². The molecule has 0 atom stereocenters. The van der Waals surface area contributed by atoms with Gasteiger partial charge in [0.2, 0.25) is 11.1 Å². The summed E-state index contributed by atoms with van der Waals surface area (Å²) in [5.74, 6) is 2.09. The fourth-order valence-electron chi connectivity index (χ4n) is 2.08. The summed E-state index contributed by atoms with van der Waals surface area (Å²) >= 11 is 1.26. The molecule has 0 aliphatic heterocycles. The SMILES string of the molecule is Cc1cccc(OCCNC(=O)CSc2n[nH]c(-c3ccco3)n2)c1. The van der Waals surface area contributed by atoms with Gasteiger partial charge < -0.3 is 14.5 Å². The van der Waals surface area contributed by atoms with Crippen LogP contribution in [0.15, 0.2) is 52.2 Å². The lowest BCUT2D eigenvalue weighted by Crippen LogP contribution is -2.29. The number of amides is 1. The number of thioether (sulfide) groups is 1. The molecular weight excluding hydrogens is 340 g/mol. The third-order valence-corrected chi connectivity index (χ3v) is 4.08. The Morgan fingerprint density at radius 1 is 1.36 bits per heavy atom. The van der Waals surface area contributed by atoms with Crippen molar-refractivity contribution >= 4 is 17.7 Å². The van der Waals surface area contributed by atoms with Gasteiger partial charge in [-0.3, -0.25) is 9.89 Å². The van der Waals surface area contributed by atoms with Gasteiger partial charge in [-0.1, -0.05) is 23.9 Å². The number of benzene rings is 1. The van der Waals surface area contributed by atoms with E-state index in [0.29, 0.717) is 29.9 Å². The molecule has 3 rings (SSSR count). The van der Waals surface area contributed by atoms with E-state index >= 15 is 0 Å². The first-order valence-electron chi connectivity index (χ1n) is 7.76.